The second kappa shape index (κ2) is 7.08. The van der Waals surface area contributed by atoms with Crippen LogP contribution in [0.4, 0.5) is 8.78 Å². The van der Waals surface area contributed by atoms with Crippen LogP contribution in [-0.2, 0) is 21.2 Å². The first-order chi connectivity index (χ1) is 12.3. The van der Waals surface area contributed by atoms with Gasteiger partial charge in [-0.05, 0) is 24.6 Å². The molecule has 0 bridgehead atoms. The minimum absolute atomic E-state index is 0.0187. The molecular weight excluding hydrogens is 368 g/mol. The molecule has 0 unspecified atom stereocenters. The molecule has 0 saturated carbocycles. The molecule has 1 saturated heterocycles. The smallest absolute Gasteiger partial charge is 0.278 e. The molecule has 0 aliphatic carbocycles. The third-order valence-corrected chi connectivity index (χ3v) is 5.97. The number of aromatic nitrogens is 3. The van der Waals surface area contributed by atoms with Crippen LogP contribution < -0.4 is 0 Å². The number of aromatic amines is 1. The van der Waals surface area contributed by atoms with Gasteiger partial charge in [0.1, 0.15) is 18.0 Å². The van der Waals surface area contributed by atoms with Crippen LogP contribution in [0, 0.1) is 18.6 Å². The summed E-state index contributed by atoms with van der Waals surface area (Å²) in [6, 6.07) is 2.08. The second-order valence-electron chi connectivity index (χ2n) is 5.95. The number of rotatable bonds is 4. The third-order valence-electron chi connectivity index (χ3n) is 4.24. The van der Waals surface area contributed by atoms with E-state index in [2.05, 4.69) is 15.2 Å². The molecule has 1 aromatic carbocycles. The van der Waals surface area contributed by atoms with Crippen LogP contribution in [0.2, 0.25) is 0 Å². The van der Waals surface area contributed by atoms with Crippen molar-refractivity contribution in [1.29, 1.82) is 0 Å². The van der Waals surface area contributed by atoms with Gasteiger partial charge in [0.2, 0.25) is 5.91 Å². The van der Waals surface area contributed by atoms with Crippen LogP contribution in [0.3, 0.4) is 0 Å². The lowest BCUT2D eigenvalue weighted by molar-refractivity contribution is -0.131. The van der Waals surface area contributed by atoms with E-state index < -0.39 is 21.7 Å². The lowest BCUT2D eigenvalue weighted by Gasteiger charge is -2.33. The molecule has 0 atom stereocenters. The van der Waals surface area contributed by atoms with Crippen molar-refractivity contribution in [3.05, 3.63) is 41.2 Å². The molecule has 0 spiro atoms. The Kier molecular flexibility index (Phi) is 5.01. The summed E-state index contributed by atoms with van der Waals surface area (Å²) in [5.74, 6) is -1.59. The highest BCUT2D eigenvalue weighted by Crippen LogP contribution is 2.17. The molecular formula is C15H17F2N5O3S. The summed E-state index contributed by atoms with van der Waals surface area (Å²) >= 11 is 0. The molecule has 1 aromatic heterocycles. The SMILES string of the molecule is Cc1cc(F)c(CC(=O)N2CCN(S(=O)(=O)c3ncn[nH]3)CC2)cc1F. The Hall–Kier alpha value is -2.40. The first-order valence-corrected chi connectivity index (χ1v) is 9.31. The van der Waals surface area contributed by atoms with E-state index in [4.69, 9.17) is 0 Å². The predicted molar refractivity (Wildman–Crippen MR) is 86.5 cm³/mol. The van der Waals surface area contributed by atoms with Gasteiger partial charge in [-0.1, -0.05) is 0 Å². The maximum atomic E-state index is 13.9. The van der Waals surface area contributed by atoms with E-state index in [0.29, 0.717) is 0 Å². The zero-order valence-electron chi connectivity index (χ0n) is 13.9. The van der Waals surface area contributed by atoms with Gasteiger partial charge in [-0.2, -0.15) is 9.40 Å². The average molecular weight is 385 g/mol. The molecule has 1 N–H and O–H groups in total. The fourth-order valence-electron chi connectivity index (χ4n) is 2.72. The number of sulfonamides is 1. The Bertz CT molecular complexity index is 910. The summed E-state index contributed by atoms with van der Waals surface area (Å²) in [7, 11) is -3.79. The highest BCUT2D eigenvalue weighted by Gasteiger charge is 2.32. The quantitative estimate of drug-likeness (QED) is 0.825. The highest BCUT2D eigenvalue weighted by molar-refractivity contribution is 7.88. The van der Waals surface area contributed by atoms with Gasteiger partial charge >= 0.3 is 0 Å². The number of amides is 1. The first kappa shape index (κ1) is 18.4. The Labute approximate surface area is 148 Å². The van der Waals surface area contributed by atoms with Crippen molar-refractivity contribution in [3.63, 3.8) is 0 Å². The van der Waals surface area contributed by atoms with Crippen molar-refractivity contribution in [3.8, 4) is 0 Å². The van der Waals surface area contributed by atoms with Crippen LogP contribution in [-0.4, -0.2) is 64.9 Å². The molecule has 1 fully saturated rings. The van der Waals surface area contributed by atoms with E-state index >= 15 is 0 Å². The lowest BCUT2D eigenvalue weighted by atomic mass is 10.1. The maximum Gasteiger partial charge on any atom is 0.278 e. The van der Waals surface area contributed by atoms with Crippen LogP contribution in [0.1, 0.15) is 11.1 Å². The van der Waals surface area contributed by atoms with Gasteiger partial charge in [-0.25, -0.2) is 27.3 Å². The van der Waals surface area contributed by atoms with E-state index in [9.17, 15) is 22.0 Å². The molecule has 3 rings (SSSR count). The largest absolute Gasteiger partial charge is 0.340 e. The minimum atomic E-state index is -3.79. The van der Waals surface area contributed by atoms with Crippen LogP contribution in [0.25, 0.3) is 0 Å². The Morgan fingerprint density at radius 2 is 1.88 bits per heavy atom. The summed E-state index contributed by atoms with van der Waals surface area (Å²) in [4.78, 5) is 17.4. The van der Waals surface area contributed by atoms with Crippen LogP contribution >= 0.6 is 0 Å². The number of carbonyl (C=O) groups excluding carboxylic acids is 1. The summed E-state index contributed by atoms with van der Waals surface area (Å²) < 4.78 is 53.3. The number of piperazine rings is 1. The highest BCUT2D eigenvalue weighted by atomic mass is 32.2. The number of nitrogens with one attached hydrogen (secondary N) is 1. The molecule has 0 radical (unpaired) electrons. The second-order valence-corrected chi connectivity index (χ2v) is 7.80. The number of nitrogens with zero attached hydrogens (tertiary/aromatic N) is 4. The van der Waals surface area contributed by atoms with Gasteiger partial charge < -0.3 is 4.90 Å². The fraction of sp³-hybridized carbons (Fsp3) is 0.400. The molecule has 2 aromatic rings. The Morgan fingerprint density at radius 1 is 1.19 bits per heavy atom. The standard InChI is InChI=1S/C15H17F2N5O3S/c1-10-6-13(17)11(7-12(10)16)8-14(23)21-2-4-22(5-3-21)26(24,25)15-18-9-19-20-15/h6-7,9H,2-5,8H2,1H3,(H,18,19,20). The fourth-order valence-corrected chi connectivity index (χ4v) is 3.95. The van der Waals surface area contributed by atoms with Crippen molar-refractivity contribution in [2.75, 3.05) is 26.2 Å². The molecule has 1 aliphatic rings. The third kappa shape index (κ3) is 3.58. The summed E-state index contributed by atoms with van der Waals surface area (Å²) in [6.07, 6.45) is 0.819. The van der Waals surface area contributed by atoms with Crippen molar-refractivity contribution in [1.82, 2.24) is 24.4 Å². The van der Waals surface area contributed by atoms with Crippen molar-refractivity contribution >= 4 is 15.9 Å². The minimum Gasteiger partial charge on any atom is -0.340 e. The van der Waals surface area contributed by atoms with Crippen molar-refractivity contribution < 1.29 is 22.0 Å². The molecule has 140 valence electrons. The number of halogens is 2. The Morgan fingerprint density at radius 3 is 2.50 bits per heavy atom. The normalized spacial score (nSPS) is 16.0. The van der Waals surface area contributed by atoms with Gasteiger partial charge in [0.05, 0.1) is 6.42 Å². The monoisotopic (exact) mass is 385 g/mol. The summed E-state index contributed by atoms with van der Waals surface area (Å²) in [6.45, 7) is 1.92. The van der Waals surface area contributed by atoms with Crippen molar-refractivity contribution in [2.24, 2.45) is 0 Å². The van der Waals surface area contributed by atoms with E-state index in [-0.39, 0.29) is 54.8 Å². The van der Waals surface area contributed by atoms with Crippen molar-refractivity contribution in [2.45, 2.75) is 18.5 Å². The predicted octanol–water partition coefficient (Wildman–Crippen LogP) is 0.467. The van der Waals surface area contributed by atoms with Crippen LogP contribution in [0.5, 0.6) is 0 Å². The zero-order valence-corrected chi connectivity index (χ0v) is 14.8. The molecule has 8 nitrogen and oxygen atoms in total. The van der Waals surface area contributed by atoms with Gasteiger partial charge in [0.15, 0.2) is 0 Å². The van der Waals surface area contributed by atoms with E-state index in [1.54, 1.807) is 0 Å². The summed E-state index contributed by atoms with van der Waals surface area (Å²) in [5, 5.41) is 5.58. The number of hydrogen-bond acceptors (Lipinski definition) is 5. The number of carbonyl (C=O) groups is 1. The zero-order chi connectivity index (χ0) is 18.9. The number of H-pyrrole nitrogens is 1. The van der Waals surface area contributed by atoms with Gasteiger partial charge in [0, 0.05) is 31.7 Å². The molecule has 1 aliphatic heterocycles. The number of aryl methyl sites for hydroxylation is 1. The number of benzene rings is 1. The average Bonchev–Trinajstić information content (AvgIpc) is 3.15. The molecule has 2 heterocycles. The number of hydrogen-bond donors (Lipinski definition) is 1. The van der Waals surface area contributed by atoms with Gasteiger partial charge in [-0.15, -0.1) is 0 Å². The molecule has 26 heavy (non-hydrogen) atoms. The van der Waals surface area contributed by atoms with E-state index in [0.717, 1.165) is 18.5 Å². The van der Waals surface area contributed by atoms with Gasteiger partial charge in [0.25, 0.3) is 15.2 Å². The van der Waals surface area contributed by atoms with Crippen LogP contribution in [0.15, 0.2) is 23.6 Å². The molecule has 1 amide bonds. The lowest BCUT2D eigenvalue weighted by Crippen LogP contribution is -2.51. The van der Waals surface area contributed by atoms with E-state index in [1.165, 1.54) is 16.1 Å². The molecule has 11 heteroatoms. The maximum absolute atomic E-state index is 13.9. The first-order valence-electron chi connectivity index (χ1n) is 7.87. The van der Waals surface area contributed by atoms with Gasteiger partial charge in [-0.3, -0.25) is 4.79 Å². The van der Waals surface area contributed by atoms with E-state index in [1.807, 2.05) is 0 Å². The topological polar surface area (TPSA) is 99.3 Å². The summed E-state index contributed by atoms with van der Waals surface area (Å²) in [5.41, 5.74) is 0.153. The Balaban J connectivity index is 1.63.